The Morgan fingerprint density at radius 1 is 1.32 bits per heavy atom. The van der Waals surface area contributed by atoms with Crippen molar-refractivity contribution < 1.29 is 4.79 Å². The number of halogens is 1. The number of imidazole rings is 1. The highest BCUT2D eigenvalue weighted by atomic mass is 79.9. The number of pyridine rings is 1. The van der Waals surface area contributed by atoms with E-state index in [0.29, 0.717) is 6.54 Å². The number of aromatic nitrogens is 3. The first-order valence-electron chi connectivity index (χ1n) is 8.53. The van der Waals surface area contributed by atoms with Crippen LogP contribution in [0.5, 0.6) is 0 Å². The quantitative estimate of drug-likeness (QED) is 0.673. The molecule has 4 rings (SSSR count). The topological polar surface area (TPSA) is 51.0 Å². The molecule has 25 heavy (non-hydrogen) atoms. The Labute approximate surface area is 154 Å². The number of rotatable bonds is 3. The molecule has 2 aromatic heterocycles. The zero-order valence-electron chi connectivity index (χ0n) is 14.0. The molecule has 0 N–H and O–H groups in total. The van der Waals surface area contributed by atoms with E-state index in [4.69, 9.17) is 4.98 Å². The van der Waals surface area contributed by atoms with Crippen molar-refractivity contribution in [2.75, 3.05) is 13.1 Å². The van der Waals surface area contributed by atoms with E-state index in [1.54, 1.807) is 6.20 Å². The van der Waals surface area contributed by atoms with Crippen LogP contribution in [0.4, 0.5) is 0 Å². The highest BCUT2D eigenvalue weighted by molar-refractivity contribution is 9.10. The molecule has 0 unspecified atom stereocenters. The zero-order valence-corrected chi connectivity index (χ0v) is 15.6. The third-order valence-corrected chi connectivity index (χ3v) is 5.25. The normalized spacial score (nSPS) is 17.4. The summed E-state index contributed by atoms with van der Waals surface area (Å²) in [5.74, 6) is 1.38. The molecule has 0 saturated carbocycles. The number of likely N-dealkylation sites (tertiary alicyclic amines) is 1. The van der Waals surface area contributed by atoms with Gasteiger partial charge in [-0.15, -0.1) is 0 Å². The minimum Gasteiger partial charge on any atom is -0.338 e. The van der Waals surface area contributed by atoms with Gasteiger partial charge in [0.25, 0.3) is 5.91 Å². The largest absolute Gasteiger partial charge is 0.338 e. The molecule has 1 amide bonds. The summed E-state index contributed by atoms with van der Waals surface area (Å²) in [4.78, 5) is 24.0. The first kappa shape index (κ1) is 16.3. The average molecular weight is 399 g/mol. The van der Waals surface area contributed by atoms with Crippen molar-refractivity contribution in [3.05, 3.63) is 58.5 Å². The van der Waals surface area contributed by atoms with Gasteiger partial charge in [-0.2, -0.15) is 0 Å². The second-order valence-corrected chi connectivity index (χ2v) is 7.22. The van der Waals surface area contributed by atoms with Gasteiger partial charge in [-0.05, 0) is 43.7 Å². The number of nitrogens with zero attached hydrogens (tertiary/aromatic N) is 4. The number of aryl methyl sites for hydroxylation is 1. The van der Waals surface area contributed by atoms with E-state index in [1.165, 1.54) is 0 Å². The molecule has 1 saturated heterocycles. The van der Waals surface area contributed by atoms with Crippen molar-refractivity contribution in [1.29, 1.82) is 0 Å². The Balaban J connectivity index is 1.59. The summed E-state index contributed by atoms with van der Waals surface area (Å²) in [6.07, 6.45) is 2.74. The van der Waals surface area contributed by atoms with Crippen LogP contribution in [0.1, 0.15) is 35.4 Å². The predicted octanol–water partition coefficient (Wildman–Crippen LogP) is 3.84. The van der Waals surface area contributed by atoms with Crippen molar-refractivity contribution in [2.45, 2.75) is 25.8 Å². The lowest BCUT2D eigenvalue weighted by Crippen LogP contribution is -2.28. The smallest absolute Gasteiger partial charge is 0.253 e. The average Bonchev–Trinajstić information content (AvgIpc) is 3.25. The van der Waals surface area contributed by atoms with Crippen LogP contribution < -0.4 is 0 Å². The van der Waals surface area contributed by atoms with Crippen molar-refractivity contribution in [3.63, 3.8) is 0 Å². The van der Waals surface area contributed by atoms with Gasteiger partial charge in [0.05, 0.1) is 0 Å². The number of hydrogen-bond donors (Lipinski definition) is 0. The highest BCUT2D eigenvalue weighted by Gasteiger charge is 2.31. The van der Waals surface area contributed by atoms with Gasteiger partial charge >= 0.3 is 0 Å². The van der Waals surface area contributed by atoms with Crippen LogP contribution in [-0.2, 0) is 6.54 Å². The fraction of sp³-hybridized carbons (Fsp3) is 0.316. The number of fused-ring (bicyclic) bond motifs is 1. The maximum absolute atomic E-state index is 12.8. The third kappa shape index (κ3) is 2.95. The first-order chi connectivity index (χ1) is 12.2. The van der Waals surface area contributed by atoms with Crippen LogP contribution in [0.2, 0.25) is 0 Å². The molecule has 1 atom stereocenters. The molecule has 0 radical (unpaired) electrons. The van der Waals surface area contributed by atoms with Crippen molar-refractivity contribution >= 4 is 33.0 Å². The molecule has 0 bridgehead atoms. The molecule has 1 aliphatic rings. The summed E-state index contributed by atoms with van der Waals surface area (Å²) in [5, 5.41) is 0. The van der Waals surface area contributed by atoms with E-state index in [-0.39, 0.29) is 11.8 Å². The maximum atomic E-state index is 12.8. The number of benzene rings is 1. The van der Waals surface area contributed by atoms with E-state index in [1.807, 2.05) is 41.3 Å². The van der Waals surface area contributed by atoms with Crippen LogP contribution >= 0.6 is 15.9 Å². The van der Waals surface area contributed by atoms with E-state index >= 15 is 0 Å². The molecule has 1 aromatic carbocycles. The Morgan fingerprint density at radius 3 is 3.00 bits per heavy atom. The fourth-order valence-electron chi connectivity index (χ4n) is 3.56. The first-order valence-corrected chi connectivity index (χ1v) is 9.32. The monoisotopic (exact) mass is 398 g/mol. The molecule has 5 nitrogen and oxygen atoms in total. The molecule has 1 aliphatic heterocycles. The Bertz CT molecular complexity index is 936. The van der Waals surface area contributed by atoms with Gasteiger partial charge in [-0.3, -0.25) is 4.79 Å². The molecular formula is C19H19BrN4O. The highest BCUT2D eigenvalue weighted by Crippen LogP contribution is 2.30. The van der Waals surface area contributed by atoms with Crippen LogP contribution in [0.3, 0.4) is 0 Å². The Morgan fingerprint density at radius 2 is 2.20 bits per heavy atom. The molecule has 0 spiro atoms. The lowest BCUT2D eigenvalue weighted by Gasteiger charge is -2.17. The number of carbonyl (C=O) groups excluding carboxylic acids is 1. The third-order valence-electron chi connectivity index (χ3n) is 4.76. The van der Waals surface area contributed by atoms with Crippen LogP contribution in [0.25, 0.3) is 11.2 Å². The van der Waals surface area contributed by atoms with Gasteiger partial charge in [0.2, 0.25) is 0 Å². The summed E-state index contributed by atoms with van der Waals surface area (Å²) in [7, 11) is 0. The molecular weight excluding hydrogens is 380 g/mol. The van der Waals surface area contributed by atoms with Gasteiger partial charge in [0.1, 0.15) is 11.3 Å². The van der Waals surface area contributed by atoms with Gasteiger partial charge in [-0.1, -0.05) is 22.0 Å². The Hall–Kier alpha value is -2.21. The van der Waals surface area contributed by atoms with E-state index in [9.17, 15) is 4.79 Å². The fourth-order valence-corrected chi connectivity index (χ4v) is 3.96. The van der Waals surface area contributed by atoms with Crippen molar-refractivity contribution in [2.24, 2.45) is 0 Å². The van der Waals surface area contributed by atoms with Gasteiger partial charge in [0, 0.05) is 41.8 Å². The van der Waals surface area contributed by atoms with Gasteiger partial charge in [0.15, 0.2) is 5.65 Å². The van der Waals surface area contributed by atoms with Crippen LogP contribution in [0.15, 0.2) is 47.1 Å². The predicted molar refractivity (Wildman–Crippen MR) is 101 cm³/mol. The van der Waals surface area contributed by atoms with Crippen molar-refractivity contribution in [3.8, 4) is 0 Å². The van der Waals surface area contributed by atoms with Gasteiger partial charge in [-0.25, -0.2) is 9.97 Å². The zero-order chi connectivity index (χ0) is 17.4. The molecule has 0 aliphatic carbocycles. The van der Waals surface area contributed by atoms with E-state index in [2.05, 4.69) is 32.4 Å². The number of carbonyl (C=O) groups is 1. The van der Waals surface area contributed by atoms with Crippen LogP contribution in [-0.4, -0.2) is 38.4 Å². The van der Waals surface area contributed by atoms with Crippen molar-refractivity contribution in [1.82, 2.24) is 19.4 Å². The molecule has 3 aromatic rings. The summed E-state index contributed by atoms with van der Waals surface area (Å²) in [6.45, 7) is 4.41. The second kappa shape index (κ2) is 6.59. The summed E-state index contributed by atoms with van der Waals surface area (Å²) < 4.78 is 3.10. The summed E-state index contributed by atoms with van der Waals surface area (Å²) in [6, 6.07) is 11.5. The molecule has 128 valence electrons. The minimum absolute atomic E-state index is 0.0843. The molecule has 3 heterocycles. The second-order valence-electron chi connectivity index (χ2n) is 6.31. The van der Waals surface area contributed by atoms with E-state index in [0.717, 1.165) is 46.5 Å². The number of hydrogen-bond acceptors (Lipinski definition) is 3. The number of amides is 1. The standard InChI is InChI=1S/C19H19BrN4O/c1-2-24-17(22-16-7-4-9-21-18(16)24)14-8-10-23(12-14)19(25)13-5-3-6-15(20)11-13/h3-7,9,11,14H,2,8,10,12H2,1H3/t14-/m0/s1. The SMILES string of the molecule is CCn1c([C@H]2CCN(C(=O)c3cccc(Br)c3)C2)nc2cccnc21. The summed E-state index contributed by atoms with van der Waals surface area (Å²) in [5.41, 5.74) is 2.58. The Kier molecular flexibility index (Phi) is 4.29. The maximum Gasteiger partial charge on any atom is 0.253 e. The minimum atomic E-state index is 0.0843. The van der Waals surface area contributed by atoms with E-state index < -0.39 is 0 Å². The summed E-state index contributed by atoms with van der Waals surface area (Å²) >= 11 is 3.44. The molecule has 1 fully saturated rings. The lowest BCUT2D eigenvalue weighted by molar-refractivity contribution is 0.0790. The molecule has 6 heteroatoms. The van der Waals surface area contributed by atoms with Crippen LogP contribution in [0, 0.1) is 0 Å². The van der Waals surface area contributed by atoms with Gasteiger partial charge < -0.3 is 9.47 Å². The lowest BCUT2D eigenvalue weighted by atomic mass is 10.1.